The van der Waals surface area contributed by atoms with Gasteiger partial charge >= 0.3 is 6.18 Å². The molecule has 26 heavy (non-hydrogen) atoms. The highest BCUT2D eigenvalue weighted by molar-refractivity contribution is 5.96. The molecule has 1 aromatic carbocycles. The van der Waals surface area contributed by atoms with Crippen molar-refractivity contribution in [2.75, 3.05) is 17.2 Å². The number of benzene rings is 1. The first kappa shape index (κ1) is 19.5. The van der Waals surface area contributed by atoms with Crippen molar-refractivity contribution in [2.45, 2.75) is 32.0 Å². The Morgan fingerprint density at radius 1 is 1.12 bits per heavy atom. The van der Waals surface area contributed by atoms with Crippen LogP contribution in [0.1, 0.15) is 19.8 Å². The minimum absolute atomic E-state index is 0.219. The maximum absolute atomic E-state index is 12.4. The van der Waals surface area contributed by atoms with Gasteiger partial charge in [-0.15, -0.1) is 0 Å². The Labute approximate surface area is 148 Å². The van der Waals surface area contributed by atoms with Crippen LogP contribution in [-0.4, -0.2) is 41.3 Å². The molecule has 9 heteroatoms. The van der Waals surface area contributed by atoms with Gasteiger partial charge in [0.1, 0.15) is 6.04 Å². The number of alkyl halides is 3. The van der Waals surface area contributed by atoms with Crippen molar-refractivity contribution in [2.24, 2.45) is 0 Å². The van der Waals surface area contributed by atoms with E-state index in [4.69, 9.17) is 0 Å². The van der Waals surface area contributed by atoms with Crippen molar-refractivity contribution in [1.82, 2.24) is 4.90 Å². The fourth-order valence-electron chi connectivity index (χ4n) is 2.57. The van der Waals surface area contributed by atoms with Crippen LogP contribution in [0.25, 0.3) is 0 Å². The van der Waals surface area contributed by atoms with E-state index < -0.39 is 18.0 Å². The molecular formula is C17H18F3N3O3. The molecule has 0 radical (unpaired) electrons. The third kappa shape index (κ3) is 5.33. The van der Waals surface area contributed by atoms with Gasteiger partial charge in [0.25, 0.3) is 5.78 Å². The molecule has 1 atom stereocenters. The summed E-state index contributed by atoms with van der Waals surface area (Å²) in [6.45, 7) is 1.77. The van der Waals surface area contributed by atoms with Gasteiger partial charge < -0.3 is 15.5 Å². The van der Waals surface area contributed by atoms with Crippen molar-refractivity contribution >= 4 is 29.0 Å². The Kier molecular flexibility index (Phi) is 6.01. The van der Waals surface area contributed by atoms with Gasteiger partial charge in [-0.2, -0.15) is 13.2 Å². The monoisotopic (exact) mass is 369 g/mol. The summed E-state index contributed by atoms with van der Waals surface area (Å²) in [7, 11) is 0. The summed E-state index contributed by atoms with van der Waals surface area (Å²) >= 11 is 0. The number of rotatable bonds is 5. The summed E-state index contributed by atoms with van der Waals surface area (Å²) in [5.74, 6) is -2.56. The second-order valence-corrected chi connectivity index (χ2v) is 5.82. The lowest BCUT2D eigenvalue weighted by atomic mass is 10.2. The third-order valence-corrected chi connectivity index (χ3v) is 3.77. The number of halogens is 3. The maximum Gasteiger partial charge on any atom is 0.454 e. The molecule has 1 unspecified atom stereocenters. The van der Waals surface area contributed by atoms with Crippen LogP contribution in [0.5, 0.6) is 0 Å². The standard InChI is InChI=1S/C17H18F3N3O3/c1-11(24)21-12-4-6-13(7-5-12)22-16(26)14-3-2-9-23(14)10-8-15(25)17(18,19)20/h4-8,10,14H,2-3,9H2,1H3,(H,21,24)(H,22,26)/b10-8+. The molecule has 1 saturated heterocycles. The van der Waals surface area contributed by atoms with Crippen LogP contribution < -0.4 is 10.6 Å². The van der Waals surface area contributed by atoms with Gasteiger partial charge in [0.05, 0.1) is 0 Å². The van der Waals surface area contributed by atoms with Gasteiger partial charge in [-0.1, -0.05) is 0 Å². The van der Waals surface area contributed by atoms with Crippen LogP contribution in [-0.2, 0) is 14.4 Å². The average Bonchev–Trinajstić information content (AvgIpc) is 3.01. The molecule has 1 aromatic rings. The first-order valence-corrected chi connectivity index (χ1v) is 7.90. The van der Waals surface area contributed by atoms with Crippen LogP contribution in [0.3, 0.4) is 0 Å². The largest absolute Gasteiger partial charge is 0.454 e. The molecule has 140 valence electrons. The zero-order valence-corrected chi connectivity index (χ0v) is 14.0. The van der Waals surface area contributed by atoms with Crippen LogP contribution >= 0.6 is 0 Å². The van der Waals surface area contributed by atoms with Gasteiger partial charge in [0.2, 0.25) is 11.8 Å². The summed E-state index contributed by atoms with van der Waals surface area (Å²) in [6.07, 6.45) is -2.37. The molecule has 0 saturated carbocycles. The van der Waals surface area contributed by atoms with Gasteiger partial charge in [-0.25, -0.2) is 0 Å². The molecule has 2 N–H and O–H groups in total. The van der Waals surface area contributed by atoms with Crippen LogP contribution in [0.4, 0.5) is 24.5 Å². The molecule has 0 aromatic heterocycles. The summed E-state index contributed by atoms with van der Waals surface area (Å²) in [6, 6.07) is 5.79. The van der Waals surface area contributed by atoms with E-state index >= 15 is 0 Å². The molecule has 1 aliphatic heterocycles. The van der Waals surface area contributed by atoms with Crippen molar-refractivity contribution in [1.29, 1.82) is 0 Å². The van der Waals surface area contributed by atoms with E-state index in [1.54, 1.807) is 24.3 Å². The number of amides is 2. The number of likely N-dealkylation sites (tertiary alicyclic amines) is 1. The zero-order valence-electron chi connectivity index (χ0n) is 14.0. The minimum Gasteiger partial charge on any atom is -0.365 e. The molecule has 0 aliphatic carbocycles. The van der Waals surface area contributed by atoms with E-state index in [0.717, 1.165) is 6.20 Å². The second kappa shape index (κ2) is 8.03. The quantitative estimate of drug-likeness (QED) is 0.783. The van der Waals surface area contributed by atoms with E-state index in [1.807, 2.05) is 0 Å². The van der Waals surface area contributed by atoms with Crippen molar-refractivity contribution < 1.29 is 27.6 Å². The molecular weight excluding hydrogens is 351 g/mol. The fourth-order valence-corrected chi connectivity index (χ4v) is 2.57. The number of carbonyl (C=O) groups excluding carboxylic acids is 3. The average molecular weight is 369 g/mol. The number of anilines is 2. The van der Waals surface area contributed by atoms with E-state index in [2.05, 4.69) is 10.6 Å². The highest BCUT2D eigenvalue weighted by Gasteiger charge is 2.37. The first-order valence-electron chi connectivity index (χ1n) is 7.90. The van der Waals surface area contributed by atoms with Gasteiger partial charge in [0.15, 0.2) is 0 Å². The number of carbonyl (C=O) groups is 3. The predicted molar refractivity (Wildman–Crippen MR) is 89.3 cm³/mol. The SMILES string of the molecule is CC(=O)Nc1ccc(NC(=O)C2CCCN2/C=C/C(=O)C(F)(F)F)cc1. The number of ketones is 1. The molecule has 1 aliphatic rings. The van der Waals surface area contributed by atoms with Crippen molar-refractivity contribution in [3.8, 4) is 0 Å². The zero-order chi connectivity index (χ0) is 19.3. The van der Waals surface area contributed by atoms with Gasteiger partial charge in [-0.3, -0.25) is 14.4 Å². The Hall–Kier alpha value is -2.84. The van der Waals surface area contributed by atoms with E-state index in [1.165, 1.54) is 11.8 Å². The molecule has 0 bridgehead atoms. The van der Waals surface area contributed by atoms with E-state index in [0.29, 0.717) is 36.8 Å². The smallest absolute Gasteiger partial charge is 0.365 e. The van der Waals surface area contributed by atoms with Crippen LogP contribution in [0, 0.1) is 0 Å². The summed E-state index contributed by atoms with van der Waals surface area (Å²) < 4.78 is 36.8. The second-order valence-electron chi connectivity index (χ2n) is 5.82. The Morgan fingerprint density at radius 3 is 2.23 bits per heavy atom. The Morgan fingerprint density at radius 2 is 1.69 bits per heavy atom. The molecule has 0 spiro atoms. The molecule has 1 heterocycles. The summed E-state index contributed by atoms with van der Waals surface area (Å²) in [4.78, 5) is 35.7. The van der Waals surface area contributed by atoms with E-state index in [9.17, 15) is 27.6 Å². The predicted octanol–water partition coefficient (Wildman–Crippen LogP) is 2.69. The Balaban J connectivity index is 1.98. The van der Waals surface area contributed by atoms with Crippen LogP contribution in [0.15, 0.2) is 36.5 Å². The Bertz CT molecular complexity index is 714. The topological polar surface area (TPSA) is 78.5 Å². The van der Waals surface area contributed by atoms with Gasteiger partial charge in [0, 0.05) is 37.1 Å². The third-order valence-electron chi connectivity index (χ3n) is 3.77. The number of hydrogen-bond donors (Lipinski definition) is 2. The summed E-state index contributed by atoms with van der Waals surface area (Å²) in [5.41, 5.74) is 1.07. The number of nitrogens with zero attached hydrogens (tertiary/aromatic N) is 1. The summed E-state index contributed by atoms with van der Waals surface area (Å²) in [5, 5.41) is 5.27. The molecule has 1 fully saturated rings. The first-order chi connectivity index (χ1) is 12.2. The van der Waals surface area contributed by atoms with Crippen molar-refractivity contribution in [3.63, 3.8) is 0 Å². The lowest BCUT2D eigenvalue weighted by Crippen LogP contribution is -2.36. The number of nitrogens with one attached hydrogen (secondary N) is 2. The highest BCUT2D eigenvalue weighted by Crippen LogP contribution is 2.22. The maximum atomic E-state index is 12.4. The lowest BCUT2D eigenvalue weighted by molar-refractivity contribution is -0.165. The fraction of sp³-hybridized carbons (Fsp3) is 0.353. The highest BCUT2D eigenvalue weighted by atomic mass is 19.4. The normalized spacial score (nSPS) is 17.4. The van der Waals surface area contributed by atoms with Crippen LogP contribution in [0.2, 0.25) is 0 Å². The minimum atomic E-state index is -4.93. The van der Waals surface area contributed by atoms with E-state index in [-0.39, 0.29) is 11.8 Å². The lowest BCUT2D eigenvalue weighted by Gasteiger charge is -2.22. The van der Waals surface area contributed by atoms with Gasteiger partial charge in [-0.05, 0) is 37.1 Å². The molecule has 6 nitrogen and oxygen atoms in total. The molecule has 2 amide bonds. The van der Waals surface area contributed by atoms with Crippen molar-refractivity contribution in [3.05, 3.63) is 36.5 Å². The number of hydrogen-bond acceptors (Lipinski definition) is 4. The molecule has 2 rings (SSSR count). The number of allylic oxidation sites excluding steroid dienone is 1.